The lowest BCUT2D eigenvalue weighted by Gasteiger charge is -2.09. The fraction of sp³-hybridized carbons (Fsp3) is 0.462. The number of hydrogen-bond donors (Lipinski definition) is 1. The second kappa shape index (κ2) is 5.32. The molecule has 17 heavy (non-hydrogen) atoms. The minimum absolute atomic E-state index is 0.440. The Morgan fingerprint density at radius 3 is 2.82 bits per heavy atom. The summed E-state index contributed by atoms with van der Waals surface area (Å²) in [5.74, 6) is 1.68. The Morgan fingerprint density at radius 2 is 2.24 bits per heavy atom. The van der Waals surface area contributed by atoms with E-state index in [9.17, 15) is 0 Å². The van der Waals surface area contributed by atoms with Crippen molar-refractivity contribution in [2.75, 3.05) is 11.1 Å². The third-order valence-electron chi connectivity index (χ3n) is 2.87. The van der Waals surface area contributed by atoms with Crippen molar-refractivity contribution in [2.45, 2.75) is 26.8 Å². The summed E-state index contributed by atoms with van der Waals surface area (Å²) in [6.07, 6.45) is 0. The highest BCUT2D eigenvalue weighted by atomic mass is 35.5. The van der Waals surface area contributed by atoms with Crippen molar-refractivity contribution in [3.05, 3.63) is 28.8 Å². The number of benzene rings is 1. The van der Waals surface area contributed by atoms with Crippen LogP contribution in [0.2, 0.25) is 5.02 Å². The van der Waals surface area contributed by atoms with Crippen LogP contribution in [0.1, 0.15) is 19.4 Å². The molecule has 2 rings (SSSR count). The maximum Gasteiger partial charge on any atom is 0.161 e. The molecule has 0 saturated heterocycles. The highest BCUT2D eigenvalue weighted by Crippen LogP contribution is 2.26. The molecule has 4 heteroatoms. The molecule has 1 atom stereocenters. The lowest BCUT2D eigenvalue weighted by Crippen LogP contribution is -2.12. The van der Waals surface area contributed by atoms with Crippen LogP contribution in [0.15, 0.2) is 23.2 Å². The normalized spacial score (nSPS) is 19.6. The molecule has 0 bridgehead atoms. The molecule has 0 spiro atoms. The van der Waals surface area contributed by atoms with E-state index in [1.54, 1.807) is 11.8 Å². The van der Waals surface area contributed by atoms with Crippen LogP contribution >= 0.6 is 23.4 Å². The first-order valence-corrected chi connectivity index (χ1v) is 7.16. The Hall–Kier alpha value is -0.670. The summed E-state index contributed by atoms with van der Waals surface area (Å²) in [7, 11) is 0. The second-order valence-corrected chi connectivity index (χ2v) is 6.09. The quantitative estimate of drug-likeness (QED) is 0.870. The van der Waals surface area contributed by atoms with Gasteiger partial charge in [0.2, 0.25) is 0 Å². The zero-order chi connectivity index (χ0) is 12.4. The summed E-state index contributed by atoms with van der Waals surface area (Å²) in [6.45, 7) is 6.48. The second-order valence-electron chi connectivity index (χ2n) is 4.64. The van der Waals surface area contributed by atoms with Gasteiger partial charge in [0.15, 0.2) is 5.17 Å². The first kappa shape index (κ1) is 12.8. The Kier molecular flexibility index (Phi) is 4.00. The summed E-state index contributed by atoms with van der Waals surface area (Å²) in [5, 5.41) is 5.17. The van der Waals surface area contributed by atoms with Gasteiger partial charge in [0.1, 0.15) is 0 Å². The molecular weight excluding hydrogens is 252 g/mol. The van der Waals surface area contributed by atoms with Crippen LogP contribution in [0.3, 0.4) is 0 Å². The van der Waals surface area contributed by atoms with Crippen molar-refractivity contribution < 1.29 is 0 Å². The molecular formula is C13H17ClN2S. The van der Waals surface area contributed by atoms with Gasteiger partial charge in [0, 0.05) is 16.5 Å². The van der Waals surface area contributed by atoms with Gasteiger partial charge < -0.3 is 5.32 Å². The van der Waals surface area contributed by atoms with Crippen molar-refractivity contribution in [1.82, 2.24) is 0 Å². The smallest absolute Gasteiger partial charge is 0.161 e. The number of hydrogen-bond acceptors (Lipinski definition) is 3. The van der Waals surface area contributed by atoms with E-state index in [4.69, 9.17) is 11.6 Å². The predicted molar refractivity (Wildman–Crippen MR) is 78.3 cm³/mol. The molecule has 1 aromatic rings. The molecule has 0 aliphatic carbocycles. The van der Waals surface area contributed by atoms with E-state index in [-0.39, 0.29) is 0 Å². The number of anilines is 1. The van der Waals surface area contributed by atoms with Gasteiger partial charge in [0.05, 0.1) is 6.04 Å². The number of aliphatic imine (C=N–C) groups is 1. The molecule has 1 heterocycles. The molecule has 92 valence electrons. The van der Waals surface area contributed by atoms with E-state index in [0.717, 1.165) is 27.2 Å². The number of nitrogens with zero attached hydrogens (tertiary/aromatic N) is 1. The van der Waals surface area contributed by atoms with Crippen LogP contribution in [-0.4, -0.2) is 17.0 Å². The lowest BCUT2D eigenvalue weighted by molar-refractivity contribution is 0.543. The maximum atomic E-state index is 5.94. The van der Waals surface area contributed by atoms with Crippen molar-refractivity contribution in [3.63, 3.8) is 0 Å². The van der Waals surface area contributed by atoms with E-state index in [2.05, 4.69) is 24.2 Å². The van der Waals surface area contributed by atoms with Crippen LogP contribution in [-0.2, 0) is 0 Å². The van der Waals surface area contributed by atoms with Gasteiger partial charge in [0.25, 0.3) is 0 Å². The fourth-order valence-electron chi connectivity index (χ4n) is 1.68. The van der Waals surface area contributed by atoms with E-state index in [0.29, 0.717) is 12.0 Å². The standard InChI is InChI=1S/C13H17ClN2S/c1-8(2)12-7-17-13(16-12)15-11-5-4-10(14)6-9(11)3/h4-6,8,12H,7H2,1-3H3,(H,15,16). The minimum atomic E-state index is 0.440. The molecule has 0 amide bonds. The Balaban J connectivity index is 2.09. The van der Waals surface area contributed by atoms with Crippen molar-refractivity contribution >= 4 is 34.2 Å². The van der Waals surface area contributed by atoms with Crippen LogP contribution in [0, 0.1) is 12.8 Å². The molecule has 1 aliphatic heterocycles. The minimum Gasteiger partial charge on any atom is -0.335 e. The van der Waals surface area contributed by atoms with E-state index < -0.39 is 0 Å². The van der Waals surface area contributed by atoms with Gasteiger partial charge in [-0.25, -0.2) is 0 Å². The zero-order valence-electron chi connectivity index (χ0n) is 10.3. The maximum absolute atomic E-state index is 5.94. The van der Waals surface area contributed by atoms with Gasteiger partial charge in [-0.1, -0.05) is 37.2 Å². The average molecular weight is 269 g/mol. The number of nitrogens with one attached hydrogen (secondary N) is 1. The number of aryl methyl sites for hydroxylation is 1. The van der Waals surface area contributed by atoms with Crippen LogP contribution in [0.25, 0.3) is 0 Å². The van der Waals surface area contributed by atoms with Gasteiger partial charge in [-0.3, -0.25) is 4.99 Å². The van der Waals surface area contributed by atoms with Crippen molar-refractivity contribution in [3.8, 4) is 0 Å². The fourth-order valence-corrected chi connectivity index (χ4v) is 3.09. The van der Waals surface area contributed by atoms with Crippen molar-refractivity contribution in [1.29, 1.82) is 0 Å². The average Bonchev–Trinajstić information content (AvgIpc) is 2.71. The monoisotopic (exact) mass is 268 g/mol. The van der Waals surface area contributed by atoms with Crippen LogP contribution in [0.5, 0.6) is 0 Å². The van der Waals surface area contributed by atoms with Gasteiger partial charge in [-0.15, -0.1) is 0 Å². The Morgan fingerprint density at radius 1 is 1.47 bits per heavy atom. The molecule has 1 aliphatic rings. The Labute approximate surface area is 112 Å². The third-order valence-corrected chi connectivity index (χ3v) is 4.10. The first-order chi connectivity index (χ1) is 8.06. The summed E-state index contributed by atoms with van der Waals surface area (Å²) in [5.41, 5.74) is 2.24. The predicted octanol–water partition coefficient (Wildman–Crippen LogP) is 4.19. The molecule has 0 fully saturated rings. The number of halogens is 1. The first-order valence-electron chi connectivity index (χ1n) is 5.80. The van der Waals surface area contributed by atoms with Crippen LogP contribution < -0.4 is 5.32 Å². The van der Waals surface area contributed by atoms with E-state index in [1.807, 2.05) is 25.1 Å². The van der Waals surface area contributed by atoms with Crippen molar-refractivity contribution in [2.24, 2.45) is 10.9 Å². The SMILES string of the molecule is Cc1cc(Cl)ccc1NC1=NC(C(C)C)CS1. The topological polar surface area (TPSA) is 24.4 Å². The number of amidine groups is 1. The molecule has 1 aromatic carbocycles. The lowest BCUT2D eigenvalue weighted by atomic mass is 10.1. The summed E-state index contributed by atoms with van der Waals surface area (Å²) < 4.78 is 0. The summed E-state index contributed by atoms with van der Waals surface area (Å²) in [4.78, 5) is 4.68. The molecule has 2 nitrogen and oxygen atoms in total. The third kappa shape index (κ3) is 3.17. The van der Waals surface area contributed by atoms with Gasteiger partial charge in [-0.2, -0.15) is 0 Å². The number of rotatable bonds is 2. The molecule has 1 N–H and O–H groups in total. The molecule has 1 unspecified atom stereocenters. The van der Waals surface area contributed by atoms with Gasteiger partial charge >= 0.3 is 0 Å². The van der Waals surface area contributed by atoms with E-state index >= 15 is 0 Å². The number of thioether (sulfide) groups is 1. The zero-order valence-corrected chi connectivity index (χ0v) is 11.9. The highest BCUT2D eigenvalue weighted by molar-refractivity contribution is 8.14. The molecule has 0 aromatic heterocycles. The molecule has 0 saturated carbocycles. The van der Waals surface area contributed by atoms with Crippen LogP contribution in [0.4, 0.5) is 5.69 Å². The van der Waals surface area contributed by atoms with Gasteiger partial charge in [-0.05, 0) is 36.6 Å². The largest absolute Gasteiger partial charge is 0.335 e. The molecule has 0 radical (unpaired) electrons. The Bertz CT molecular complexity index is 443. The highest BCUT2D eigenvalue weighted by Gasteiger charge is 2.21. The summed E-state index contributed by atoms with van der Waals surface area (Å²) >= 11 is 7.73. The van der Waals surface area contributed by atoms with E-state index in [1.165, 1.54) is 0 Å². The summed E-state index contributed by atoms with van der Waals surface area (Å²) in [6, 6.07) is 6.31.